The minimum absolute atomic E-state index is 0.0838. The highest BCUT2D eigenvalue weighted by molar-refractivity contribution is 7.17. The van der Waals surface area contributed by atoms with Gasteiger partial charge in [0.05, 0.1) is 11.9 Å². The number of aromatic nitrogens is 3. The predicted octanol–water partition coefficient (Wildman–Crippen LogP) is 2.05. The van der Waals surface area contributed by atoms with Gasteiger partial charge in [0, 0.05) is 37.9 Å². The van der Waals surface area contributed by atoms with Crippen LogP contribution in [0.1, 0.15) is 35.1 Å². The van der Waals surface area contributed by atoms with E-state index in [2.05, 4.69) is 10.1 Å². The highest BCUT2D eigenvalue weighted by Crippen LogP contribution is 2.30. The second kappa shape index (κ2) is 6.41. The quantitative estimate of drug-likeness (QED) is 0.932. The number of aryl methyl sites for hydroxylation is 2. The molecule has 2 N–H and O–H groups in total. The SMILES string of the molecule is Cc1nc(-c2cnn(C)c2)sc1C(=O)N1CCCC(C(C)N)C1. The molecule has 2 aromatic heterocycles. The van der Waals surface area contributed by atoms with Crippen LogP contribution in [0.25, 0.3) is 10.6 Å². The molecule has 0 saturated carbocycles. The predicted molar refractivity (Wildman–Crippen MR) is 91.3 cm³/mol. The number of hydrogen-bond acceptors (Lipinski definition) is 5. The fraction of sp³-hybridized carbons (Fsp3) is 0.562. The Morgan fingerprint density at radius 1 is 1.52 bits per heavy atom. The van der Waals surface area contributed by atoms with E-state index in [1.165, 1.54) is 11.3 Å². The van der Waals surface area contributed by atoms with Crippen LogP contribution in [0, 0.1) is 12.8 Å². The van der Waals surface area contributed by atoms with Gasteiger partial charge < -0.3 is 10.6 Å². The summed E-state index contributed by atoms with van der Waals surface area (Å²) in [7, 11) is 1.87. The van der Waals surface area contributed by atoms with Crippen LogP contribution in [0.3, 0.4) is 0 Å². The highest BCUT2D eigenvalue weighted by Gasteiger charge is 2.28. The molecule has 3 rings (SSSR count). The summed E-state index contributed by atoms with van der Waals surface area (Å²) in [5.41, 5.74) is 7.77. The zero-order chi connectivity index (χ0) is 16.6. The largest absolute Gasteiger partial charge is 0.338 e. The van der Waals surface area contributed by atoms with Crippen molar-refractivity contribution in [3.05, 3.63) is 23.0 Å². The monoisotopic (exact) mass is 333 g/mol. The number of nitrogens with two attached hydrogens (primary N) is 1. The van der Waals surface area contributed by atoms with Crippen molar-refractivity contribution in [2.24, 2.45) is 18.7 Å². The fourth-order valence-electron chi connectivity index (χ4n) is 3.02. The molecule has 124 valence electrons. The second-order valence-electron chi connectivity index (χ2n) is 6.35. The van der Waals surface area contributed by atoms with Crippen LogP contribution >= 0.6 is 11.3 Å². The molecular formula is C16H23N5OS. The molecule has 2 aromatic rings. The zero-order valence-corrected chi connectivity index (χ0v) is 14.6. The van der Waals surface area contributed by atoms with Crippen molar-refractivity contribution in [1.82, 2.24) is 19.7 Å². The number of carbonyl (C=O) groups excluding carboxylic acids is 1. The minimum Gasteiger partial charge on any atom is -0.338 e. The van der Waals surface area contributed by atoms with Gasteiger partial charge in [-0.1, -0.05) is 0 Å². The van der Waals surface area contributed by atoms with E-state index in [4.69, 9.17) is 5.73 Å². The first-order valence-corrected chi connectivity index (χ1v) is 8.78. The van der Waals surface area contributed by atoms with Gasteiger partial charge in [-0.3, -0.25) is 9.48 Å². The zero-order valence-electron chi connectivity index (χ0n) is 13.8. The summed E-state index contributed by atoms with van der Waals surface area (Å²) in [6.45, 7) is 5.48. The van der Waals surface area contributed by atoms with Crippen LogP contribution in [-0.4, -0.2) is 44.7 Å². The molecule has 7 heteroatoms. The van der Waals surface area contributed by atoms with Crippen molar-refractivity contribution in [2.75, 3.05) is 13.1 Å². The van der Waals surface area contributed by atoms with Gasteiger partial charge in [0.1, 0.15) is 9.88 Å². The molecule has 2 atom stereocenters. The molecule has 1 amide bonds. The third-order valence-corrected chi connectivity index (χ3v) is 5.63. The van der Waals surface area contributed by atoms with Crippen molar-refractivity contribution in [1.29, 1.82) is 0 Å². The molecule has 1 aliphatic heterocycles. The number of nitrogens with zero attached hydrogens (tertiary/aromatic N) is 4. The summed E-state index contributed by atoms with van der Waals surface area (Å²) in [6, 6.07) is 0.124. The average molecular weight is 333 g/mol. The minimum atomic E-state index is 0.0838. The van der Waals surface area contributed by atoms with Crippen molar-refractivity contribution < 1.29 is 4.79 Å². The molecular weight excluding hydrogens is 310 g/mol. The van der Waals surface area contributed by atoms with Crippen molar-refractivity contribution in [3.63, 3.8) is 0 Å². The molecule has 1 aliphatic rings. The Morgan fingerprint density at radius 2 is 2.30 bits per heavy atom. The van der Waals surface area contributed by atoms with Gasteiger partial charge in [-0.05, 0) is 32.6 Å². The first kappa shape index (κ1) is 16.1. The summed E-state index contributed by atoms with van der Waals surface area (Å²) in [6.07, 6.45) is 5.81. The summed E-state index contributed by atoms with van der Waals surface area (Å²) >= 11 is 1.45. The summed E-state index contributed by atoms with van der Waals surface area (Å²) in [5.74, 6) is 0.471. The number of thiazole rings is 1. The van der Waals surface area contributed by atoms with Crippen molar-refractivity contribution in [3.8, 4) is 10.6 Å². The molecule has 6 nitrogen and oxygen atoms in total. The molecule has 0 aromatic carbocycles. The van der Waals surface area contributed by atoms with E-state index in [0.29, 0.717) is 5.92 Å². The maximum Gasteiger partial charge on any atom is 0.265 e. The number of amides is 1. The van der Waals surface area contributed by atoms with E-state index >= 15 is 0 Å². The Bertz CT molecular complexity index is 705. The number of hydrogen-bond donors (Lipinski definition) is 1. The molecule has 0 radical (unpaired) electrons. The standard InChI is InChI=1S/C16H23N5OS/c1-10(17)12-5-4-6-21(9-12)16(22)14-11(2)19-15(23-14)13-7-18-20(3)8-13/h7-8,10,12H,4-6,9,17H2,1-3H3. The van der Waals surface area contributed by atoms with E-state index in [1.54, 1.807) is 10.9 Å². The summed E-state index contributed by atoms with van der Waals surface area (Å²) in [4.78, 5) is 20.1. The van der Waals surface area contributed by atoms with Crippen LogP contribution in [0.5, 0.6) is 0 Å². The Balaban J connectivity index is 1.81. The second-order valence-corrected chi connectivity index (χ2v) is 7.35. The van der Waals surface area contributed by atoms with Gasteiger partial charge in [-0.2, -0.15) is 5.10 Å². The van der Waals surface area contributed by atoms with Crippen LogP contribution in [0.4, 0.5) is 0 Å². The summed E-state index contributed by atoms with van der Waals surface area (Å²) < 4.78 is 1.74. The molecule has 1 saturated heterocycles. The summed E-state index contributed by atoms with van der Waals surface area (Å²) in [5, 5.41) is 5.02. The van der Waals surface area contributed by atoms with E-state index in [9.17, 15) is 4.79 Å². The first-order chi connectivity index (χ1) is 11.0. The normalized spacial score (nSPS) is 19.8. The smallest absolute Gasteiger partial charge is 0.265 e. The molecule has 3 heterocycles. The molecule has 0 bridgehead atoms. The average Bonchev–Trinajstić information content (AvgIpc) is 3.12. The molecule has 2 unspecified atom stereocenters. The van der Waals surface area contributed by atoms with Gasteiger partial charge in [-0.25, -0.2) is 4.98 Å². The van der Waals surface area contributed by atoms with Crippen molar-refractivity contribution in [2.45, 2.75) is 32.7 Å². The molecule has 0 spiro atoms. The number of likely N-dealkylation sites (tertiary alicyclic amines) is 1. The highest BCUT2D eigenvalue weighted by atomic mass is 32.1. The van der Waals surface area contributed by atoms with E-state index < -0.39 is 0 Å². The van der Waals surface area contributed by atoms with Crippen LogP contribution in [-0.2, 0) is 7.05 Å². The number of piperidine rings is 1. The first-order valence-electron chi connectivity index (χ1n) is 7.97. The van der Waals surface area contributed by atoms with E-state index in [0.717, 1.165) is 47.1 Å². The maximum atomic E-state index is 12.9. The third-order valence-electron chi connectivity index (χ3n) is 4.43. The van der Waals surface area contributed by atoms with Crippen LogP contribution in [0.2, 0.25) is 0 Å². The molecule has 1 fully saturated rings. The lowest BCUT2D eigenvalue weighted by molar-refractivity contribution is 0.0665. The topological polar surface area (TPSA) is 77.0 Å². The lowest BCUT2D eigenvalue weighted by Crippen LogP contribution is -2.45. The lowest BCUT2D eigenvalue weighted by Gasteiger charge is -2.34. The Kier molecular flexibility index (Phi) is 4.50. The van der Waals surface area contributed by atoms with Gasteiger partial charge >= 0.3 is 0 Å². The number of carbonyl (C=O) groups is 1. The molecule has 0 aliphatic carbocycles. The Hall–Kier alpha value is -1.73. The van der Waals surface area contributed by atoms with Crippen molar-refractivity contribution >= 4 is 17.2 Å². The van der Waals surface area contributed by atoms with Crippen LogP contribution < -0.4 is 5.73 Å². The fourth-order valence-corrected chi connectivity index (χ4v) is 4.03. The maximum absolute atomic E-state index is 12.9. The lowest BCUT2D eigenvalue weighted by atomic mass is 9.92. The van der Waals surface area contributed by atoms with Gasteiger partial charge in [0.15, 0.2) is 0 Å². The van der Waals surface area contributed by atoms with Crippen LogP contribution in [0.15, 0.2) is 12.4 Å². The molecule has 23 heavy (non-hydrogen) atoms. The number of rotatable bonds is 3. The third kappa shape index (κ3) is 3.30. The van der Waals surface area contributed by atoms with E-state index in [-0.39, 0.29) is 11.9 Å². The van der Waals surface area contributed by atoms with E-state index in [1.807, 2.05) is 32.0 Å². The Morgan fingerprint density at radius 3 is 2.96 bits per heavy atom. The van der Waals surface area contributed by atoms with Gasteiger partial charge in [-0.15, -0.1) is 11.3 Å². The Labute approximate surface area is 140 Å². The van der Waals surface area contributed by atoms with Gasteiger partial charge in [0.2, 0.25) is 0 Å². The van der Waals surface area contributed by atoms with Gasteiger partial charge in [0.25, 0.3) is 5.91 Å².